The van der Waals surface area contributed by atoms with Gasteiger partial charge in [0.15, 0.2) is 0 Å². The van der Waals surface area contributed by atoms with Crippen molar-refractivity contribution in [1.29, 1.82) is 0 Å². The number of nitrogen functional groups attached to an aromatic ring is 1. The van der Waals surface area contributed by atoms with E-state index in [1.807, 2.05) is 0 Å². The number of imidazole rings is 1. The third-order valence-electron chi connectivity index (χ3n) is 5.74. The van der Waals surface area contributed by atoms with Gasteiger partial charge >= 0.3 is 6.18 Å². The molecule has 1 aliphatic carbocycles. The van der Waals surface area contributed by atoms with E-state index in [9.17, 15) is 18.0 Å². The Bertz CT molecular complexity index is 1500. The van der Waals surface area contributed by atoms with E-state index in [1.54, 1.807) is 0 Å². The highest BCUT2D eigenvalue weighted by molar-refractivity contribution is 5.98. The predicted molar refractivity (Wildman–Crippen MR) is 109 cm³/mol. The molecule has 0 radical (unpaired) electrons. The number of rotatable bonds is 2. The number of nitrogens with two attached hydrogens (primary N) is 1. The van der Waals surface area contributed by atoms with Crippen LogP contribution in [0.15, 0.2) is 42.9 Å². The van der Waals surface area contributed by atoms with Crippen molar-refractivity contribution >= 4 is 28.3 Å². The van der Waals surface area contributed by atoms with Crippen LogP contribution in [0.3, 0.4) is 0 Å². The molecule has 0 aliphatic heterocycles. The van der Waals surface area contributed by atoms with Crippen LogP contribution >= 0.6 is 0 Å². The third kappa shape index (κ3) is 3.05. The van der Waals surface area contributed by atoms with Gasteiger partial charge in [-0.05, 0) is 42.2 Å². The fourth-order valence-corrected chi connectivity index (χ4v) is 4.17. The average molecular weight is 446 g/mol. The first-order valence-corrected chi connectivity index (χ1v) is 9.61. The van der Waals surface area contributed by atoms with Gasteiger partial charge in [0.2, 0.25) is 0 Å². The average Bonchev–Trinajstić information content (AvgIpc) is 3.40. The second kappa shape index (κ2) is 6.91. The summed E-state index contributed by atoms with van der Waals surface area (Å²) in [5, 5.41) is 0. The number of fused-ring (bicyclic) bond motifs is 4. The van der Waals surface area contributed by atoms with Crippen molar-refractivity contribution in [3.8, 4) is 0 Å². The first kappa shape index (κ1) is 16.9. The number of carbonyl (C=O) groups excluding carboxylic acids is 1. The van der Waals surface area contributed by atoms with Gasteiger partial charge in [-0.15, -0.1) is 0 Å². The van der Waals surface area contributed by atoms with Crippen molar-refractivity contribution in [3.05, 3.63) is 70.9 Å². The van der Waals surface area contributed by atoms with Gasteiger partial charge in [-0.2, -0.15) is 13.2 Å². The Morgan fingerprint density at radius 2 is 2.09 bits per heavy atom. The van der Waals surface area contributed by atoms with Crippen LogP contribution in [0.4, 0.5) is 23.4 Å². The smallest absolute Gasteiger partial charge is 0.382 e. The van der Waals surface area contributed by atoms with Crippen LogP contribution in [0.5, 0.6) is 0 Å². The van der Waals surface area contributed by atoms with Crippen molar-refractivity contribution in [2.75, 3.05) is 12.7 Å². The van der Waals surface area contributed by atoms with Crippen molar-refractivity contribution in [3.63, 3.8) is 0 Å². The summed E-state index contributed by atoms with van der Waals surface area (Å²) < 4.78 is 79.9. The fraction of sp³-hybridized carbons (Fsp3) is 0.227. The molecule has 0 bridgehead atoms. The molecule has 5 rings (SSSR count). The Morgan fingerprint density at radius 3 is 2.84 bits per heavy atom. The van der Waals surface area contributed by atoms with Crippen LogP contribution in [0.1, 0.15) is 43.6 Å². The molecule has 2 N–H and O–H groups in total. The van der Waals surface area contributed by atoms with E-state index in [4.69, 9.17) is 9.85 Å². The number of aromatic nitrogens is 3. The van der Waals surface area contributed by atoms with Gasteiger partial charge in [0.05, 0.1) is 40.7 Å². The molecular formula is C22H17F4N5O. The Kier molecular flexibility index (Phi) is 3.66. The van der Waals surface area contributed by atoms with E-state index in [0.717, 1.165) is 18.2 Å². The molecule has 1 aliphatic rings. The number of halogens is 4. The SMILES string of the molecule is [2H]C([2H])([2H])N(C(=O)c1cc2c(cc1F)nc(N)c1cncn12)[C@@H]1CCc2cc(C(F)(F)F)ccc21. The number of anilines is 1. The second-order valence-corrected chi connectivity index (χ2v) is 7.61. The zero-order valence-corrected chi connectivity index (χ0v) is 16.3. The molecule has 2 aromatic carbocycles. The van der Waals surface area contributed by atoms with E-state index >= 15 is 4.39 Å². The first-order valence-electron chi connectivity index (χ1n) is 11.1. The summed E-state index contributed by atoms with van der Waals surface area (Å²) in [5.41, 5.74) is 5.91. The molecule has 0 saturated heterocycles. The van der Waals surface area contributed by atoms with Gasteiger partial charge in [-0.1, -0.05) is 6.07 Å². The number of amides is 1. The number of hydrogen-bond acceptors (Lipinski definition) is 4. The summed E-state index contributed by atoms with van der Waals surface area (Å²) in [4.78, 5) is 22.2. The number of alkyl halides is 3. The van der Waals surface area contributed by atoms with Crippen LogP contribution < -0.4 is 5.73 Å². The second-order valence-electron chi connectivity index (χ2n) is 7.61. The molecule has 0 spiro atoms. The monoisotopic (exact) mass is 446 g/mol. The van der Waals surface area contributed by atoms with Crippen molar-refractivity contribution in [2.24, 2.45) is 0 Å². The lowest BCUT2D eigenvalue weighted by molar-refractivity contribution is -0.137. The largest absolute Gasteiger partial charge is 0.416 e. The molecule has 1 atom stereocenters. The highest BCUT2D eigenvalue weighted by atomic mass is 19.4. The topological polar surface area (TPSA) is 76.5 Å². The standard InChI is InChI=1S/C22H17F4N5O/c1-30(17-5-2-11-6-12(22(24,25)26)3-4-13(11)17)21(32)14-7-18-16(8-15(14)23)29-20(27)19-9-28-10-31(18)19/h3-4,6-10,17H,2,5H2,1H3,(H2,27,29)/t17-/m1/s1/i1D3. The van der Waals surface area contributed by atoms with E-state index < -0.39 is 42.0 Å². The minimum atomic E-state index is -4.56. The summed E-state index contributed by atoms with van der Waals surface area (Å²) in [6.45, 7) is -2.99. The van der Waals surface area contributed by atoms with Crippen LogP contribution in [0.2, 0.25) is 0 Å². The molecule has 10 heteroatoms. The number of aryl methyl sites for hydroxylation is 1. The molecule has 6 nitrogen and oxygen atoms in total. The van der Waals surface area contributed by atoms with Crippen LogP contribution in [-0.4, -0.2) is 32.2 Å². The van der Waals surface area contributed by atoms with Crippen LogP contribution in [-0.2, 0) is 12.6 Å². The first-order chi connectivity index (χ1) is 16.4. The zero-order chi connectivity index (χ0) is 25.3. The Balaban J connectivity index is 1.62. The Hall–Kier alpha value is -3.69. The van der Waals surface area contributed by atoms with E-state index in [0.29, 0.717) is 16.0 Å². The number of nitrogens with zero attached hydrogens (tertiary/aromatic N) is 4. The highest BCUT2D eigenvalue weighted by Gasteiger charge is 2.35. The molecule has 164 valence electrons. The van der Waals surface area contributed by atoms with Gasteiger partial charge in [0.25, 0.3) is 5.91 Å². The van der Waals surface area contributed by atoms with Gasteiger partial charge in [-0.25, -0.2) is 14.4 Å². The molecule has 0 saturated carbocycles. The summed E-state index contributed by atoms with van der Waals surface area (Å²) >= 11 is 0. The molecule has 0 unspecified atom stereocenters. The van der Waals surface area contributed by atoms with Crippen molar-refractivity contribution in [2.45, 2.75) is 25.1 Å². The van der Waals surface area contributed by atoms with Crippen molar-refractivity contribution < 1.29 is 26.5 Å². The van der Waals surface area contributed by atoms with Crippen LogP contribution in [0, 0.1) is 5.82 Å². The third-order valence-corrected chi connectivity index (χ3v) is 5.74. The highest BCUT2D eigenvalue weighted by Crippen LogP contribution is 2.39. The van der Waals surface area contributed by atoms with Gasteiger partial charge in [0.1, 0.15) is 17.2 Å². The molecular weight excluding hydrogens is 426 g/mol. The quantitative estimate of drug-likeness (QED) is 0.464. The maximum atomic E-state index is 15.1. The van der Waals surface area contributed by atoms with Gasteiger partial charge < -0.3 is 10.6 Å². The minimum Gasteiger partial charge on any atom is -0.382 e. The summed E-state index contributed by atoms with van der Waals surface area (Å²) in [7, 11) is 0. The maximum Gasteiger partial charge on any atom is 0.416 e. The molecule has 2 aromatic heterocycles. The number of carbonyl (C=O) groups is 1. The summed E-state index contributed by atoms with van der Waals surface area (Å²) in [6.07, 6.45) is -1.50. The Labute approximate surface area is 183 Å². The molecule has 0 fully saturated rings. The van der Waals surface area contributed by atoms with Crippen molar-refractivity contribution in [1.82, 2.24) is 19.3 Å². The molecule has 1 amide bonds. The van der Waals surface area contributed by atoms with Gasteiger partial charge in [-0.3, -0.25) is 9.20 Å². The normalized spacial score (nSPS) is 17.8. The van der Waals surface area contributed by atoms with E-state index in [-0.39, 0.29) is 35.3 Å². The number of hydrogen-bond donors (Lipinski definition) is 1. The molecule has 4 aromatic rings. The lowest BCUT2D eigenvalue weighted by atomic mass is 10.0. The predicted octanol–water partition coefficient (Wildman–Crippen LogP) is 4.38. The van der Waals surface area contributed by atoms with E-state index in [1.165, 1.54) is 29.1 Å². The Morgan fingerprint density at radius 1 is 1.28 bits per heavy atom. The lowest BCUT2D eigenvalue weighted by Crippen LogP contribution is -2.31. The van der Waals surface area contributed by atoms with Crippen LogP contribution in [0.25, 0.3) is 16.6 Å². The maximum absolute atomic E-state index is 15.1. The summed E-state index contributed by atoms with van der Waals surface area (Å²) in [5.74, 6) is -2.03. The lowest BCUT2D eigenvalue weighted by Gasteiger charge is -2.26. The molecule has 32 heavy (non-hydrogen) atoms. The van der Waals surface area contributed by atoms with E-state index in [2.05, 4.69) is 9.97 Å². The fourth-order valence-electron chi connectivity index (χ4n) is 4.17. The van der Waals surface area contributed by atoms with Gasteiger partial charge in [0, 0.05) is 17.2 Å². The minimum absolute atomic E-state index is 0.0832. The molecule has 2 heterocycles. The number of benzene rings is 2. The summed E-state index contributed by atoms with van der Waals surface area (Å²) in [6, 6.07) is 4.09. The zero-order valence-electron chi connectivity index (χ0n) is 19.3.